The summed E-state index contributed by atoms with van der Waals surface area (Å²) in [7, 11) is 0. The summed E-state index contributed by atoms with van der Waals surface area (Å²) in [6.45, 7) is 3.93. The van der Waals surface area contributed by atoms with Crippen molar-refractivity contribution in [3.63, 3.8) is 0 Å². The standard InChI is InChI=1S/C18H24N2O/c1-2-4-14(5-3-1)11-20-12-16(13-20)8-15-6-7-18-17(9-15)10-19-21-18/h6-7,9-10,14,16H,1-5,8,11-13H2. The molecular weight excluding hydrogens is 260 g/mol. The lowest BCUT2D eigenvalue weighted by atomic mass is 9.86. The van der Waals surface area contributed by atoms with Gasteiger partial charge in [0, 0.05) is 25.0 Å². The quantitative estimate of drug-likeness (QED) is 0.853. The minimum absolute atomic E-state index is 0.839. The Morgan fingerprint density at radius 3 is 2.81 bits per heavy atom. The molecule has 0 atom stereocenters. The molecule has 112 valence electrons. The molecular formula is C18H24N2O. The molecule has 0 N–H and O–H groups in total. The lowest BCUT2D eigenvalue weighted by Gasteiger charge is -2.42. The van der Waals surface area contributed by atoms with Gasteiger partial charge in [-0.05, 0) is 48.8 Å². The van der Waals surface area contributed by atoms with Crippen LogP contribution in [0.5, 0.6) is 0 Å². The van der Waals surface area contributed by atoms with Gasteiger partial charge in [0.2, 0.25) is 0 Å². The van der Waals surface area contributed by atoms with Gasteiger partial charge >= 0.3 is 0 Å². The van der Waals surface area contributed by atoms with Crippen LogP contribution in [0, 0.1) is 11.8 Å². The Kier molecular flexibility index (Phi) is 3.68. The van der Waals surface area contributed by atoms with Gasteiger partial charge in [-0.2, -0.15) is 0 Å². The SMILES string of the molecule is c1cc2oncc2cc1CC1CN(CC2CCCCC2)C1. The Labute approximate surface area is 126 Å². The number of hydrogen-bond acceptors (Lipinski definition) is 3. The van der Waals surface area contributed by atoms with Crippen LogP contribution >= 0.6 is 0 Å². The van der Waals surface area contributed by atoms with Gasteiger partial charge in [-0.1, -0.05) is 30.5 Å². The third-order valence-corrected chi connectivity index (χ3v) is 5.22. The van der Waals surface area contributed by atoms with Crippen LogP contribution in [0.4, 0.5) is 0 Å². The van der Waals surface area contributed by atoms with Gasteiger partial charge in [-0.3, -0.25) is 0 Å². The van der Waals surface area contributed by atoms with Crippen molar-refractivity contribution in [3.8, 4) is 0 Å². The van der Waals surface area contributed by atoms with Crippen LogP contribution in [0.2, 0.25) is 0 Å². The molecule has 3 heteroatoms. The molecule has 2 aromatic rings. The number of likely N-dealkylation sites (tertiary alicyclic amines) is 1. The minimum atomic E-state index is 0.839. The van der Waals surface area contributed by atoms with E-state index in [0.717, 1.165) is 22.8 Å². The summed E-state index contributed by atoms with van der Waals surface area (Å²) in [5.41, 5.74) is 2.32. The Balaban J connectivity index is 1.27. The molecule has 0 radical (unpaired) electrons. The van der Waals surface area contributed by atoms with E-state index in [2.05, 4.69) is 28.3 Å². The zero-order valence-corrected chi connectivity index (χ0v) is 12.6. The number of rotatable bonds is 4. The topological polar surface area (TPSA) is 29.3 Å². The van der Waals surface area contributed by atoms with Gasteiger partial charge < -0.3 is 9.42 Å². The Morgan fingerprint density at radius 1 is 1.10 bits per heavy atom. The van der Waals surface area contributed by atoms with Gasteiger partial charge in [0.05, 0.1) is 6.20 Å². The van der Waals surface area contributed by atoms with E-state index < -0.39 is 0 Å². The maximum Gasteiger partial charge on any atom is 0.166 e. The number of hydrogen-bond donors (Lipinski definition) is 0. The van der Waals surface area contributed by atoms with E-state index in [1.807, 2.05) is 6.20 Å². The lowest BCUT2D eigenvalue weighted by molar-refractivity contribution is 0.0733. The van der Waals surface area contributed by atoms with Crippen molar-refractivity contribution in [2.45, 2.75) is 38.5 Å². The number of aromatic nitrogens is 1. The third-order valence-electron chi connectivity index (χ3n) is 5.22. The smallest absolute Gasteiger partial charge is 0.166 e. The first-order valence-electron chi connectivity index (χ1n) is 8.42. The average molecular weight is 284 g/mol. The van der Waals surface area contributed by atoms with E-state index in [9.17, 15) is 0 Å². The molecule has 2 aliphatic rings. The van der Waals surface area contributed by atoms with Crippen molar-refractivity contribution in [3.05, 3.63) is 30.0 Å². The van der Waals surface area contributed by atoms with Crippen LogP contribution in [-0.2, 0) is 6.42 Å². The van der Waals surface area contributed by atoms with Crippen LogP contribution in [0.1, 0.15) is 37.7 Å². The second-order valence-corrected chi connectivity index (χ2v) is 6.99. The third kappa shape index (κ3) is 2.98. The zero-order chi connectivity index (χ0) is 14.1. The maximum absolute atomic E-state index is 5.16. The Morgan fingerprint density at radius 2 is 1.95 bits per heavy atom. The number of nitrogens with zero attached hydrogens (tertiary/aromatic N) is 2. The summed E-state index contributed by atoms with van der Waals surface area (Å²) in [6, 6.07) is 6.48. The molecule has 1 aromatic heterocycles. The van der Waals surface area contributed by atoms with E-state index in [1.165, 1.54) is 63.7 Å². The van der Waals surface area contributed by atoms with Crippen molar-refractivity contribution in [1.29, 1.82) is 0 Å². The summed E-state index contributed by atoms with van der Waals surface area (Å²) < 4.78 is 5.16. The van der Waals surface area contributed by atoms with Gasteiger partial charge in [0.15, 0.2) is 5.58 Å². The predicted molar refractivity (Wildman–Crippen MR) is 84.2 cm³/mol. The molecule has 1 aromatic carbocycles. The summed E-state index contributed by atoms with van der Waals surface area (Å²) in [5, 5.41) is 4.98. The van der Waals surface area contributed by atoms with E-state index in [-0.39, 0.29) is 0 Å². The largest absolute Gasteiger partial charge is 0.356 e. The molecule has 0 unspecified atom stereocenters. The fourth-order valence-corrected chi connectivity index (χ4v) is 4.07. The van der Waals surface area contributed by atoms with E-state index >= 15 is 0 Å². The van der Waals surface area contributed by atoms with Crippen LogP contribution in [0.25, 0.3) is 11.0 Å². The molecule has 3 nitrogen and oxygen atoms in total. The van der Waals surface area contributed by atoms with Crippen LogP contribution < -0.4 is 0 Å². The fraction of sp³-hybridized carbons (Fsp3) is 0.611. The first-order chi connectivity index (χ1) is 10.4. The molecule has 1 saturated carbocycles. The first kappa shape index (κ1) is 13.3. The lowest BCUT2D eigenvalue weighted by Crippen LogP contribution is -2.49. The van der Waals surface area contributed by atoms with Gasteiger partial charge in [-0.15, -0.1) is 0 Å². The van der Waals surface area contributed by atoms with Crippen molar-refractivity contribution < 1.29 is 4.52 Å². The zero-order valence-electron chi connectivity index (χ0n) is 12.6. The Bertz CT molecular complexity index is 594. The molecule has 2 heterocycles. The molecule has 2 fully saturated rings. The molecule has 1 saturated heterocycles. The number of fused-ring (bicyclic) bond motifs is 1. The first-order valence-corrected chi connectivity index (χ1v) is 8.42. The Hall–Kier alpha value is -1.35. The molecule has 0 spiro atoms. The van der Waals surface area contributed by atoms with E-state index in [1.54, 1.807) is 0 Å². The number of benzene rings is 1. The van der Waals surface area contributed by atoms with Gasteiger partial charge in [0.1, 0.15) is 0 Å². The normalized spacial score (nSPS) is 21.7. The van der Waals surface area contributed by atoms with Crippen LogP contribution in [0.15, 0.2) is 28.9 Å². The summed E-state index contributed by atoms with van der Waals surface area (Å²) in [5.74, 6) is 1.82. The molecule has 0 bridgehead atoms. The maximum atomic E-state index is 5.16. The summed E-state index contributed by atoms with van der Waals surface area (Å²) >= 11 is 0. The predicted octanol–water partition coefficient (Wildman–Crippen LogP) is 3.88. The van der Waals surface area contributed by atoms with Crippen LogP contribution in [-0.4, -0.2) is 29.7 Å². The van der Waals surface area contributed by atoms with Crippen molar-refractivity contribution >= 4 is 11.0 Å². The fourth-order valence-electron chi connectivity index (χ4n) is 4.07. The summed E-state index contributed by atoms with van der Waals surface area (Å²) in [6.07, 6.45) is 10.3. The van der Waals surface area contributed by atoms with Gasteiger partial charge in [0.25, 0.3) is 0 Å². The van der Waals surface area contributed by atoms with Crippen molar-refractivity contribution in [1.82, 2.24) is 10.1 Å². The van der Waals surface area contributed by atoms with Crippen molar-refractivity contribution in [2.75, 3.05) is 19.6 Å². The second kappa shape index (κ2) is 5.80. The highest BCUT2D eigenvalue weighted by molar-refractivity contribution is 5.76. The highest BCUT2D eigenvalue weighted by atomic mass is 16.5. The monoisotopic (exact) mass is 284 g/mol. The molecule has 4 rings (SSSR count). The second-order valence-electron chi connectivity index (χ2n) is 6.99. The van der Waals surface area contributed by atoms with Crippen LogP contribution in [0.3, 0.4) is 0 Å². The molecule has 0 amide bonds. The summed E-state index contributed by atoms with van der Waals surface area (Å²) in [4.78, 5) is 2.67. The molecule has 21 heavy (non-hydrogen) atoms. The van der Waals surface area contributed by atoms with Gasteiger partial charge in [-0.25, -0.2) is 0 Å². The molecule has 1 aliphatic heterocycles. The van der Waals surface area contributed by atoms with E-state index in [0.29, 0.717) is 0 Å². The average Bonchev–Trinajstić information content (AvgIpc) is 2.93. The minimum Gasteiger partial charge on any atom is -0.356 e. The molecule has 1 aliphatic carbocycles. The van der Waals surface area contributed by atoms with Crippen molar-refractivity contribution in [2.24, 2.45) is 11.8 Å². The highest BCUT2D eigenvalue weighted by Gasteiger charge is 2.29. The van der Waals surface area contributed by atoms with E-state index in [4.69, 9.17) is 4.52 Å². The highest BCUT2D eigenvalue weighted by Crippen LogP contribution is 2.28.